The van der Waals surface area contributed by atoms with E-state index in [9.17, 15) is 9.90 Å². The molecular formula is C15H26N4O2. The van der Waals surface area contributed by atoms with Gasteiger partial charge in [0.05, 0.1) is 6.04 Å². The summed E-state index contributed by atoms with van der Waals surface area (Å²) < 4.78 is 1.90. The number of carboxylic acid groups (broad SMARTS) is 1. The van der Waals surface area contributed by atoms with E-state index in [2.05, 4.69) is 15.4 Å². The minimum atomic E-state index is -0.913. The van der Waals surface area contributed by atoms with E-state index in [4.69, 9.17) is 0 Å². The summed E-state index contributed by atoms with van der Waals surface area (Å²) in [6.45, 7) is 7.86. The summed E-state index contributed by atoms with van der Waals surface area (Å²) in [5.74, 6) is 0.958. The van der Waals surface area contributed by atoms with E-state index in [0.717, 1.165) is 37.3 Å². The van der Waals surface area contributed by atoms with Crippen molar-refractivity contribution < 1.29 is 9.90 Å². The summed E-state index contributed by atoms with van der Waals surface area (Å²) in [6.07, 6.45) is 4.24. The second kappa shape index (κ2) is 6.13. The van der Waals surface area contributed by atoms with Gasteiger partial charge >= 0.3 is 5.97 Å². The smallest absolute Gasteiger partial charge is 0.323 e. The fourth-order valence-corrected chi connectivity index (χ4v) is 2.71. The highest BCUT2D eigenvalue weighted by Gasteiger charge is 2.40. The van der Waals surface area contributed by atoms with E-state index in [0.29, 0.717) is 12.5 Å². The molecule has 6 nitrogen and oxygen atoms in total. The Kier molecular flexibility index (Phi) is 4.66. The molecule has 1 saturated carbocycles. The fourth-order valence-electron chi connectivity index (χ4n) is 2.71. The summed E-state index contributed by atoms with van der Waals surface area (Å²) in [6, 6.07) is 0.353. The second-order valence-electron chi connectivity index (χ2n) is 6.20. The van der Waals surface area contributed by atoms with Gasteiger partial charge < -0.3 is 5.11 Å². The summed E-state index contributed by atoms with van der Waals surface area (Å²) in [7, 11) is 0. The van der Waals surface area contributed by atoms with Gasteiger partial charge in [0.25, 0.3) is 0 Å². The Hall–Kier alpha value is -1.43. The molecule has 0 radical (unpaired) electrons. The first-order valence-corrected chi connectivity index (χ1v) is 7.85. The van der Waals surface area contributed by atoms with Crippen LogP contribution < -0.4 is 5.32 Å². The van der Waals surface area contributed by atoms with Crippen molar-refractivity contribution in [3.8, 4) is 0 Å². The van der Waals surface area contributed by atoms with Gasteiger partial charge in [0.2, 0.25) is 0 Å². The lowest BCUT2D eigenvalue weighted by atomic mass is 9.93. The van der Waals surface area contributed by atoms with Crippen molar-refractivity contribution >= 4 is 5.97 Å². The molecule has 1 aromatic heterocycles. The number of carboxylic acids is 1. The Morgan fingerprint density at radius 3 is 2.62 bits per heavy atom. The monoisotopic (exact) mass is 294 g/mol. The van der Waals surface area contributed by atoms with Crippen LogP contribution in [0.5, 0.6) is 0 Å². The largest absolute Gasteiger partial charge is 0.480 e. The van der Waals surface area contributed by atoms with Crippen LogP contribution in [-0.2, 0) is 17.6 Å². The van der Waals surface area contributed by atoms with Crippen LogP contribution in [0.25, 0.3) is 0 Å². The van der Waals surface area contributed by atoms with Crippen molar-refractivity contribution in [1.29, 1.82) is 0 Å². The molecule has 2 rings (SSSR count). The van der Waals surface area contributed by atoms with Gasteiger partial charge in [-0.05, 0) is 33.1 Å². The Morgan fingerprint density at radius 2 is 2.14 bits per heavy atom. The van der Waals surface area contributed by atoms with Crippen molar-refractivity contribution in [3.63, 3.8) is 0 Å². The van der Waals surface area contributed by atoms with E-state index in [1.165, 1.54) is 0 Å². The third kappa shape index (κ3) is 3.61. The maximum Gasteiger partial charge on any atom is 0.323 e. The lowest BCUT2D eigenvalue weighted by molar-refractivity contribution is -0.145. The van der Waals surface area contributed by atoms with Crippen molar-refractivity contribution in [2.75, 3.05) is 0 Å². The van der Waals surface area contributed by atoms with Crippen LogP contribution in [0, 0.1) is 0 Å². The van der Waals surface area contributed by atoms with Gasteiger partial charge in [0.1, 0.15) is 11.4 Å². The van der Waals surface area contributed by atoms with Gasteiger partial charge in [0, 0.05) is 18.9 Å². The molecule has 2 unspecified atom stereocenters. The van der Waals surface area contributed by atoms with Crippen molar-refractivity contribution in [2.24, 2.45) is 0 Å². The Balaban J connectivity index is 2.16. The molecule has 2 N–H and O–H groups in total. The summed E-state index contributed by atoms with van der Waals surface area (Å²) in [5.41, 5.74) is -0.913. The molecule has 0 spiro atoms. The number of nitrogens with zero attached hydrogens (tertiary/aromatic N) is 3. The highest BCUT2D eigenvalue weighted by Crippen LogP contribution is 2.28. The second-order valence-corrected chi connectivity index (χ2v) is 6.20. The average Bonchev–Trinajstić information content (AvgIpc) is 3.13. The lowest BCUT2D eigenvalue weighted by Gasteiger charge is -2.29. The van der Waals surface area contributed by atoms with Crippen LogP contribution in [0.15, 0.2) is 0 Å². The van der Waals surface area contributed by atoms with E-state index in [1.54, 1.807) is 6.92 Å². The number of carbonyl (C=O) groups is 1. The van der Waals surface area contributed by atoms with E-state index < -0.39 is 11.5 Å². The first-order valence-electron chi connectivity index (χ1n) is 7.85. The standard InChI is InChI=1S/C15H26N4O2/c1-5-12-16-13(6-2)19(18-12)10(3)9-15(4,14(20)21)17-11-7-8-11/h10-11,17H,5-9H2,1-4H3,(H,20,21). The molecule has 2 atom stereocenters. The zero-order chi connectivity index (χ0) is 15.6. The van der Waals surface area contributed by atoms with Crippen LogP contribution in [0.1, 0.15) is 64.6 Å². The van der Waals surface area contributed by atoms with Gasteiger partial charge in [-0.1, -0.05) is 13.8 Å². The molecule has 0 amide bonds. The Bertz CT molecular complexity index is 510. The minimum absolute atomic E-state index is 0.0000926. The van der Waals surface area contributed by atoms with E-state index in [-0.39, 0.29) is 6.04 Å². The molecule has 1 aromatic rings. The Labute approximate surface area is 126 Å². The first-order chi connectivity index (χ1) is 9.89. The molecule has 0 bridgehead atoms. The predicted octanol–water partition coefficient (Wildman–Crippen LogP) is 1.95. The van der Waals surface area contributed by atoms with Crippen LogP contribution in [0.2, 0.25) is 0 Å². The molecule has 1 fully saturated rings. The molecule has 1 aliphatic rings. The van der Waals surface area contributed by atoms with Crippen molar-refractivity contribution in [2.45, 2.75) is 77.4 Å². The van der Waals surface area contributed by atoms with Gasteiger partial charge in [-0.15, -0.1) is 0 Å². The van der Waals surface area contributed by atoms with Crippen LogP contribution in [0.3, 0.4) is 0 Å². The van der Waals surface area contributed by atoms with Gasteiger partial charge in [-0.2, -0.15) is 5.10 Å². The van der Waals surface area contributed by atoms with Crippen LogP contribution >= 0.6 is 0 Å². The maximum absolute atomic E-state index is 11.7. The number of hydrogen-bond donors (Lipinski definition) is 2. The fraction of sp³-hybridized carbons (Fsp3) is 0.800. The predicted molar refractivity (Wildman–Crippen MR) is 80.3 cm³/mol. The first kappa shape index (κ1) is 15.9. The molecular weight excluding hydrogens is 268 g/mol. The molecule has 0 aliphatic heterocycles. The third-order valence-corrected chi connectivity index (χ3v) is 4.07. The van der Waals surface area contributed by atoms with Gasteiger partial charge in [-0.25, -0.2) is 9.67 Å². The number of hydrogen-bond acceptors (Lipinski definition) is 4. The number of aliphatic carboxylic acids is 1. The molecule has 1 heterocycles. The topological polar surface area (TPSA) is 80.0 Å². The van der Waals surface area contributed by atoms with Crippen LogP contribution in [-0.4, -0.2) is 37.4 Å². The minimum Gasteiger partial charge on any atom is -0.480 e. The molecule has 6 heteroatoms. The van der Waals surface area contributed by atoms with Crippen molar-refractivity contribution in [1.82, 2.24) is 20.1 Å². The maximum atomic E-state index is 11.7. The molecule has 0 saturated heterocycles. The number of aryl methyl sites for hydroxylation is 2. The molecule has 1 aliphatic carbocycles. The van der Waals surface area contributed by atoms with Gasteiger partial charge in [-0.3, -0.25) is 10.1 Å². The summed E-state index contributed by atoms with van der Waals surface area (Å²) in [4.78, 5) is 16.2. The van der Waals surface area contributed by atoms with Gasteiger partial charge in [0.15, 0.2) is 5.82 Å². The summed E-state index contributed by atoms with van der Waals surface area (Å²) >= 11 is 0. The third-order valence-electron chi connectivity index (χ3n) is 4.07. The Morgan fingerprint density at radius 1 is 1.48 bits per heavy atom. The quantitative estimate of drug-likeness (QED) is 0.766. The van der Waals surface area contributed by atoms with E-state index in [1.807, 2.05) is 25.5 Å². The van der Waals surface area contributed by atoms with Crippen LogP contribution in [0.4, 0.5) is 0 Å². The molecule has 0 aromatic carbocycles. The molecule has 118 valence electrons. The SMILES string of the molecule is CCc1nc(CC)n(C(C)CC(C)(NC2CC2)C(=O)O)n1. The zero-order valence-corrected chi connectivity index (χ0v) is 13.4. The lowest BCUT2D eigenvalue weighted by Crippen LogP contribution is -2.51. The average molecular weight is 294 g/mol. The summed E-state index contributed by atoms with van der Waals surface area (Å²) in [5, 5.41) is 17.4. The highest BCUT2D eigenvalue weighted by molar-refractivity contribution is 5.78. The van der Waals surface area contributed by atoms with Crippen molar-refractivity contribution in [3.05, 3.63) is 11.6 Å². The zero-order valence-electron chi connectivity index (χ0n) is 13.4. The molecule has 21 heavy (non-hydrogen) atoms. The normalized spacial score (nSPS) is 19.2. The number of aromatic nitrogens is 3. The highest BCUT2D eigenvalue weighted by atomic mass is 16.4. The number of nitrogens with one attached hydrogen (secondary N) is 1. The van der Waals surface area contributed by atoms with E-state index >= 15 is 0 Å². The number of rotatable bonds is 8.